The summed E-state index contributed by atoms with van der Waals surface area (Å²) in [6, 6.07) is 0. The molecule has 1 amide bonds. The van der Waals surface area contributed by atoms with Crippen LogP contribution in [-0.2, 0) is 9.53 Å². The largest absolute Gasteiger partial charge is 0.393 e. The average Bonchev–Trinajstić information content (AvgIpc) is 2.25. The predicted molar refractivity (Wildman–Crippen MR) is 78.5 cm³/mol. The van der Waals surface area contributed by atoms with Gasteiger partial charge in [-0.25, -0.2) is 0 Å². The molecule has 0 unspecified atom stereocenters. The number of carbonyl (C=O) groups is 1. The monoisotopic (exact) mass is 274 g/mol. The van der Waals surface area contributed by atoms with E-state index in [-0.39, 0.29) is 11.3 Å². The van der Waals surface area contributed by atoms with Crippen molar-refractivity contribution in [3.8, 4) is 0 Å². The number of thiocarbonyl (C=S) groups is 1. The Labute approximate surface area is 116 Å². The molecule has 0 aromatic heterocycles. The molecule has 0 aromatic carbocycles. The second-order valence-electron chi connectivity index (χ2n) is 5.31. The van der Waals surface area contributed by atoms with Crippen molar-refractivity contribution >= 4 is 23.1 Å². The first-order valence-electron chi connectivity index (χ1n) is 6.44. The highest BCUT2D eigenvalue weighted by Crippen LogP contribution is 2.17. The van der Waals surface area contributed by atoms with Gasteiger partial charge in [0.2, 0.25) is 5.91 Å². The molecule has 0 spiro atoms. The van der Waals surface area contributed by atoms with E-state index in [2.05, 4.69) is 0 Å². The lowest BCUT2D eigenvalue weighted by Gasteiger charge is -2.29. The van der Waals surface area contributed by atoms with Crippen molar-refractivity contribution in [1.82, 2.24) is 4.90 Å². The molecular formula is C13H26N2O2S. The number of amides is 1. The minimum absolute atomic E-state index is 0.134. The summed E-state index contributed by atoms with van der Waals surface area (Å²) in [5.41, 5.74) is 5.12. The Bertz CT molecular complexity index is 275. The van der Waals surface area contributed by atoms with Crippen LogP contribution < -0.4 is 5.73 Å². The number of hydrogen-bond acceptors (Lipinski definition) is 3. The van der Waals surface area contributed by atoms with Crippen LogP contribution in [0.4, 0.5) is 0 Å². The summed E-state index contributed by atoms with van der Waals surface area (Å²) in [5, 5.41) is 0. The number of nitrogens with zero attached hydrogens (tertiary/aromatic N) is 1. The highest BCUT2D eigenvalue weighted by Gasteiger charge is 2.26. The molecule has 5 heteroatoms. The molecule has 0 heterocycles. The second kappa shape index (κ2) is 8.43. The van der Waals surface area contributed by atoms with Gasteiger partial charge >= 0.3 is 0 Å². The maximum atomic E-state index is 12.2. The smallest absolute Gasteiger partial charge is 0.227 e. The Morgan fingerprint density at radius 2 is 1.94 bits per heavy atom. The van der Waals surface area contributed by atoms with E-state index in [1.807, 2.05) is 32.6 Å². The zero-order valence-electron chi connectivity index (χ0n) is 12.0. The molecule has 106 valence electrons. The molecule has 4 nitrogen and oxygen atoms in total. The number of carbonyl (C=O) groups excluding carboxylic acids is 1. The normalized spacial score (nSPS) is 11.3. The lowest BCUT2D eigenvalue weighted by atomic mass is 9.94. The van der Waals surface area contributed by atoms with Gasteiger partial charge in [-0.05, 0) is 13.3 Å². The van der Waals surface area contributed by atoms with Gasteiger partial charge in [-0.1, -0.05) is 33.0 Å². The van der Waals surface area contributed by atoms with E-state index in [9.17, 15) is 4.79 Å². The fourth-order valence-corrected chi connectivity index (χ4v) is 1.63. The predicted octanol–water partition coefficient (Wildman–Crippen LogP) is 1.96. The third-order valence-corrected chi connectivity index (χ3v) is 2.68. The maximum Gasteiger partial charge on any atom is 0.227 e. The molecule has 0 aliphatic rings. The molecule has 0 atom stereocenters. The van der Waals surface area contributed by atoms with Crippen LogP contribution in [0.1, 0.15) is 40.5 Å². The molecule has 0 aromatic rings. The Morgan fingerprint density at radius 1 is 1.33 bits per heavy atom. The summed E-state index contributed by atoms with van der Waals surface area (Å²) in [6.45, 7) is 10.4. The quantitative estimate of drug-likeness (QED) is 0.543. The van der Waals surface area contributed by atoms with Gasteiger partial charge in [0.15, 0.2) is 0 Å². The van der Waals surface area contributed by atoms with Crippen LogP contribution in [0.25, 0.3) is 0 Å². The van der Waals surface area contributed by atoms with Crippen molar-refractivity contribution < 1.29 is 9.53 Å². The van der Waals surface area contributed by atoms with Gasteiger partial charge in [0, 0.05) is 38.1 Å². The van der Waals surface area contributed by atoms with Crippen LogP contribution in [-0.4, -0.2) is 42.1 Å². The summed E-state index contributed by atoms with van der Waals surface area (Å²) < 4.78 is 5.29. The first kappa shape index (κ1) is 17.3. The summed E-state index contributed by atoms with van der Waals surface area (Å²) in [7, 11) is 0. The van der Waals surface area contributed by atoms with Crippen LogP contribution in [0.2, 0.25) is 0 Å². The van der Waals surface area contributed by atoms with Gasteiger partial charge in [0.25, 0.3) is 0 Å². The number of rotatable bonds is 8. The van der Waals surface area contributed by atoms with Gasteiger partial charge in [0.05, 0.1) is 4.99 Å². The van der Waals surface area contributed by atoms with E-state index in [0.29, 0.717) is 37.7 Å². The van der Waals surface area contributed by atoms with Gasteiger partial charge < -0.3 is 15.4 Å². The van der Waals surface area contributed by atoms with Crippen LogP contribution in [0, 0.1) is 5.41 Å². The number of hydrogen-bond donors (Lipinski definition) is 1. The van der Waals surface area contributed by atoms with Crippen molar-refractivity contribution in [3.63, 3.8) is 0 Å². The van der Waals surface area contributed by atoms with Crippen LogP contribution in [0.5, 0.6) is 0 Å². The third kappa shape index (κ3) is 7.61. The van der Waals surface area contributed by atoms with Crippen molar-refractivity contribution in [1.29, 1.82) is 0 Å². The third-order valence-electron chi connectivity index (χ3n) is 2.48. The Balaban J connectivity index is 4.33. The van der Waals surface area contributed by atoms with E-state index >= 15 is 0 Å². The van der Waals surface area contributed by atoms with E-state index < -0.39 is 0 Å². The second-order valence-corrected chi connectivity index (χ2v) is 5.83. The van der Waals surface area contributed by atoms with Crippen molar-refractivity contribution in [2.24, 2.45) is 11.1 Å². The SMILES string of the molecule is CCOCCCN(CCC(N)=S)C(=O)C(C)(C)C. The minimum Gasteiger partial charge on any atom is -0.393 e. The molecule has 0 radical (unpaired) electrons. The highest BCUT2D eigenvalue weighted by molar-refractivity contribution is 7.80. The Kier molecular flexibility index (Phi) is 8.11. The molecule has 0 saturated carbocycles. The first-order chi connectivity index (χ1) is 8.29. The van der Waals surface area contributed by atoms with Gasteiger partial charge in [-0.3, -0.25) is 4.79 Å². The molecule has 0 saturated heterocycles. The number of nitrogens with two attached hydrogens (primary N) is 1. The fraction of sp³-hybridized carbons (Fsp3) is 0.846. The summed E-state index contributed by atoms with van der Waals surface area (Å²) in [5.74, 6) is 0.134. The van der Waals surface area contributed by atoms with Gasteiger partial charge in [-0.15, -0.1) is 0 Å². The molecule has 0 aliphatic heterocycles. The molecule has 0 rings (SSSR count). The van der Waals surface area contributed by atoms with Gasteiger partial charge in [0.1, 0.15) is 0 Å². The lowest BCUT2D eigenvalue weighted by Crippen LogP contribution is -2.41. The van der Waals surface area contributed by atoms with Crippen molar-refractivity contribution in [3.05, 3.63) is 0 Å². The maximum absolute atomic E-state index is 12.2. The van der Waals surface area contributed by atoms with E-state index in [0.717, 1.165) is 6.42 Å². The summed E-state index contributed by atoms with van der Waals surface area (Å²) in [6.07, 6.45) is 1.42. The lowest BCUT2D eigenvalue weighted by molar-refractivity contribution is -0.139. The minimum atomic E-state index is -0.373. The number of ether oxygens (including phenoxy) is 1. The topological polar surface area (TPSA) is 55.6 Å². The highest BCUT2D eigenvalue weighted by atomic mass is 32.1. The zero-order chi connectivity index (χ0) is 14.2. The molecule has 0 aliphatic carbocycles. The van der Waals surface area contributed by atoms with Crippen LogP contribution in [0.15, 0.2) is 0 Å². The zero-order valence-corrected chi connectivity index (χ0v) is 12.8. The molecule has 18 heavy (non-hydrogen) atoms. The van der Waals surface area contributed by atoms with E-state index in [4.69, 9.17) is 22.7 Å². The Morgan fingerprint density at radius 3 is 2.39 bits per heavy atom. The fourth-order valence-electron chi connectivity index (χ4n) is 1.54. The van der Waals surface area contributed by atoms with E-state index in [1.165, 1.54) is 0 Å². The molecule has 2 N–H and O–H groups in total. The molecule has 0 fully saturated rings. The standard InChI is InChI=1S/C13H26N2O2S/c1-5-17-10-6-8-15(9-7-11(14)18)12(16)13(2,3)4/h5-10H2,1-4H3,(H2,14,18). The summed E-state index contributed by atoms with van der Waals surface area (Å²) in [4.78, 5) is 14.5. The van der Waals surface area contributed by atoms with Crippen molar-refractivity contribution in [2.75, 3.05) is 26.3 Å². The first-order valence-corrected chi connectivity index (χ1v) is 6.85. The van der Waals surface area contributed by atoms with Crippen molar-refractivity contribution in [2.45, 2.75) is 40.5 Å². The average molecular weight is 274 g/mol. The van der Waals surface area contributed by atoms with Crippen LogP contribution in [0.3, 0.4) is 0 Å². The van der Waals surface area contributed by atoms with Crippen LogP contribution >= 0.6 is 12.2 Å². The molecule has 0 bridgehead atoms. The van der Waals surface area contributed by atoms with E-state index in [1.54, 1.807) is 0 Å². The van der Waals surface area contributed by atoms with Gasteiger partial charge in [-0.2, -0.15) is 0 Å². The molecular weight excluding hydrogens is 248 g/mol. The Hall–Kier alpha value is -0.680. The summed E-state index contributed by atoms with van der Waals surface area (Å²) >= 11 is 4.86.